The lowest BCUT2D eigenvalue weighted by Crippen LogP contribution is -2.24. The molecule has 0 heterocycles. The molecule has 0 amide bonds. The van der Waals surface area contributed by atoms with Crippen molar-refractivity contribution in [1.29, 1.82) is 0 Å². The SMILES string of the molecule is NC1(CCc2cccc(OC3CCC3)c2)CC1. The van der Waals surface area contributed by atoms with Crippen molar-refractivity contribution in [3.8, 4) is 5.75 Å². The number of hydrogen-bond donors (Lipinski definition) is 1. The van der Waals surface area contributed by atoms with Crippen molar-refractivity contribution < 1.29 is 4.74 Å². The molecular weight excluding hydrogens is 210 g/mol. The van der Waals surface area contributed by atoms with E-state index in [-0.39, 0.29) is 5.54 Å². The van der Waals surface area contributed by atoms with E-state index >= 15 is 0 Å². The van der Waals surface area contributed by atoms with Crippen LogP contribution < -0.4 is 10.5 Å². The third kappa shape index (κ3) is 2.81. The summed E-state index contributed by atoms with van der Waals surface area (Å²) in [7, 11) is 0. The van der Waals surface area contributed by atoms with Gasteiger partial charge in [0.2, 0.25) is 0 Å². The molecule has 1 aromatic carbocycles. The minimum Gasteiger partial charge on any atom is -0.490 e. The fourth-order valence-electron chi connectivity index (χ4n) is 2.26. The maximum atomic E-state index is 6.11. The van der Waals surface area contributed by atoms with Crippen molar-refractivity contribution in [2.75, 3.05) is 0 Å². The molecule has 0 bridgehead atoms. The van der Waals surface area contributed by atoms with Gasteiger partial charge in [0.1, 0.15) is 5.75 Å². The smallest absolute Gasteiger partial charge is 0.119 e. The summed E-state index contributed by atoms with van der Waals surface area (Å²) in [6.07, 6.45) is 8.82. The molecule has 2 heteroatoms. The van der Waals surface area contributed by atoms with Crippen molar-refractivity contribution in [3.05, 3.63) is 29.8 Å². The Bertz CT molecular complexity index is 394. The van der Waals surface area contributed by atoms with Gasteiger partial charge in [0.25, 0.3) is 0 Å². The van der Waals surface area contributed by atoms with Gasteiger partial charge in [0.15, 0.2) is 0 Å². The van der Waals surface area contributed by atoms with E-state index in [1.165, 1.54) is 37.7 Å². The molecule has 0 radical (unpaired) electrons. The van der Waals surface area contributed by atoms with E-state index in [4.69, 9.17) is 10.5 Å². The minimum absolute atomic E-state index is 0.158. The fourth-order valence-corrected chi connectivity index (χ4v) is 2.26. The number of nitrogens with two attached hydrogens (primary N) is 1. The Labute approximate surface area is 103 Å². The molecule has 0 spiro atoms. The number of ether oxygens (including phenoxy) is 1. The molecule has 2 nitrogen and oxygen atoms in total. The molecule has 0 unspecified atom stereocenters. The lowest BCUT2D eigenvalue weighted by atomic mass is 9.96. The minimum atomic E-state index is 0.158. The van der Waals surface area contributed by atoms with E-state index in [0.717, 1.165) is 18.6 Å². The summed E-state index contributed by atoms with van der Waals surface area (Å²) in [5.41, 5.74) is 7.63. The van der Waals surface area contributed by atoms with E-state index in [1.807, 2.05) is 0 Å². The Hall–Kier alpha value is -1.02. The summed E-state index contributed by atoms with van der Waals surface area (Å²) < 4.78 is 5.91. The van der Waals surface area contributed by atoms with Crippen molar-refractivity contribution in [2.24, 2.45) is 5.73 Å². The summed E-state index contributed by atoms with van der Waals surface area (Å²) in [6.45, 7) is 0. The molecular formula is C15H21NO. The van der Waals surface area contributed by atoms with Gasteiger partial charge in [-0.3, -0.25) is 0 Å². The van der Waals surface area contributed by atoms with Gasteiger partial charge in [-0.2, -0.15) is 0 Å². The molecule has 0 aliphatic heterocycles. The molecule has 2 aliphatic rings. The van der Waals surface area contributed by atoms with Crippen molar-refractivity contribution in [3.63, 3.8) is 0 Å². The maximum absolute atomic E-state index is 6.11. The third-order valence-corrected chi connectivity index (χ3v) is 4.06. The predicted molar refractivity (Wildman–Crippen MR) is 69.2 cm³/mol. The first kappa shape index (κ1) is 11.1. The van der Waals surface area contributed by atoms with Crippen LogP contribution in [-0.2, 0) is 6.42 Å². The van der Waals surface area contributed by atoms with Gasteiger partial charge in [-0.1, -0.05) is 12.1 Å². The van der Waals surface area contributed by atoms with Crippen LogP contribution in [0.25, 0.3) is 0 Å². The first-order chi connectivity index (χ1) is 8.23. The zero-order valence-electron chi connectivity index (χ0n) is 10.3. The van der Waals surface area contributed by atoms with Gasteiger partial charge in [-0.15, -0.1) is 0 Å². The van der Waals surface area contributed by atoms with Crippen LogP contribution in [0.2, 0.25) is 0 Å². The monoisotopic (exact) mass is 231 g/mol. The molecule has 1 aromatic rings. The number of benzene rings is 1. The topological polar surface area (TPSA) is 35.2 Å². The van der Waals surface area contributed by atoms with Gasteiger partial charge >= 0.3 is 0 Å². The molecule has 0 saturated heterocycles. The quantitative estimate of drug-likeness (QED) is 0.845. The summed E-state index contributed by atoms with van der Waals surface area (Å²) >= 11 is 0. The van der Waals surface area contributed by atoms with Crippen LogP contribution in [0.4, 0.5) is 0 Å². The highest BCUT2D eigenvalue weighted by Crippen LogP contribution is 2.36. The van der Waals surface area contributed by atoms with Crippen LogP contribution in [0.5, 0.6) is 5.75 Å². The predicted octanol–water partition coefficient (Wildman–Crippen LogP) is 3.04. The van der Waals surface area contributed by atoms with Gasteiger partial charge in [0, 0.05) is 5.54 Å². The molecule has 2 saturated carbocycles. The van der Waals surface area contributed by atoms with Crippen LogP contribution in [0.15, 0.2) is 24.3 Å². The Balaban J connectivity index is 1.57. The van der Waals surface area contributed by atoms with Crippen molar-refractivity contribution >= 4 is 0 Å². The third-order valence-electron chi connectivity index (χ3n) is 4.06. The summed E-state index contributed by atoms with van der Waals surface area (Å²) in [5.74, 6) is 1.04. The average molecular weight is 231 g/mol. The summed E-state index contributed by atoms with van der Waals surface area (Å²) in [4.78, 5) is 0. The van der Waals surface area contributed by atoms with E-state index in [0.29, 0.717) is 6.10 Å². The van der Waals surface area contributed by atoms with E-state index in [9.17, 15) is 0 Å². The largest absolute Gasteiger partial charge is 0.490 e. The maximum Gasteiger partial charge on any atom is 0.119 e. The van der Waals surface area contributed by atoms with E-state index in [2.05, 4.69) is 24.3 Å². The molecule has 3 rings (SSSR count). The van der Waals surface area contributed by atoms with Crippen LogP contribution in [0, 0.1) is 0 Å². The van der Waals surface area contributed by atoms with E-state index in [1.54, 1.807) is 0 Å². The first-order valence-electron chi connectivity index (χ1n) is 6.78. The molecule has 92 valence electrons. The molecule has 0 atom stereocenters. The van der Waals surface area contributed by atoms with Crippen LogP contribution in [0.1, 0.15) is 44.1 Å². The average Bonchev–Trinajstić information content (AvgIpc) is 3.01. The lowest BCUT2D eigenvalue weighted by molar-refractivity contribution is 0.120. The molecule has 2 aliphatic carbocycles. The number of rotatable bonds is 5. The highest BCUT2D eigenvalue weighted by Gasteiger charge is 2.37. The molecule has 17 heavy (non-hydrogen) atoms. The highest BCUT2D eigenvalue weighted by atomic mass is 16.5. The lowest BCUT2D eigenvalue weighted by Gasteiger charge is -2.26. The zero-order chi connectivity index (χ0) is 11.7. The molecule has 2 fully saturated rings. The second-order valence-corrected chi connectivity index (χ2v) is 5.68. The van der Waals surface area contributed by atoms with Gasteiger partial charge in [-0.05, 0) is 62.6 Å². The summed E-state index contributed by atoms with van der Waals surface area (Å²) in [6, 6.07) is 8.53. The van der Waals surface area contributed by atoms with Crippen LogP contribution in [-0.4, -0.2) is 11.6 Å². The Morgan fingerprint density at radius 1 is 1.29 bits per heavy atom. The Kier molecular flexibility index (Phi) is 2.83. The van der Waals surface area contributed by atoms with Gasteiger partial charge in [-0.25, -0.2) is 0 Å². The van der Waals surface area contributed by atoms with Gasteiger partial charge < -0.3 is 10.5 Å². The Morgan fingerprint density at radius 3 is 2.76 bits per heavy atom. The first-order valence-corrected chi connectivity index (χ1v) is 6.78. The van der Waals surface area contributed by atoms with Gasteiger partial charge in [0.05, 0.1) is 6.10 Å². The molecule has 0 aromatic heterocycles. The van der Waals surface area contributed by atoms with Crippen LogP contribution >= 0.6 is 0 Å². The number of aryl methyl sites for hydroxylation is 1. The molecule has 2 N–H and O–H groups in total. The second-order valence-electron chi connectivity index (χ2n) is 5.68. The highest BCUT2D eigenvalue weighted by molar-refractivity contribution is 5.29. The van der Waals surface area contributed by atoms with Crippen molar-refractivity contribution in [1.82, 2.24) is 0 Å². The normalized spacial score (nSPS) is 21.9. The number of hydrogen-bond acceptors (Lipinski definition) is 2. The van der Waals surface area contributed by atoms with E-state index < -0.39 is 0 Å². The zero-order valence-corrected chi connectivity index (χ0v) is 10.3. The van der Waals surface area contributed by atoms with Crippen molar-refractivity contribution in [2.45, 2.75) is 56.6 Å². The fraction of sp³-hybridized carbons (Fsp3) is 0.600. The Morgan fingerprint density at radius 2 is 2.12 bits per heavy atom. The standard InChI is InChI=1S/C15H21NO/c16-15(9-10-15)8-7-12-3-1-6-14(11-12)17-13-4-2-5-13/h1,3,6,11,13H,2,4-5,7-10,16H2. The van der Waals surface area contributed by atoms with Crippen LogP contribution in [0.3, 0.4) is 0 Å². The summed E-state index contributed by atoms with van der Waals surface area (Å²) in [5, 5.41) is 0. The second kappa shape index (κ2) is 4.34.